The summed E-state index contributed by atoms with van der Waals surface area (Å²) >= 11 is 0. The zero-order valence-corrected chi connectivity index (χ0v) is 9.27. The molecule has 0 fully saturated rings. The molecule has 0 spiro atoms. The van der Waals surface area contributed by atoms with Crippen LogP contribution in [0.25, 0.3) is 0 Å². The minimum atomic E-state index is -0.553. The molecule has 1 atom stereocenters. The molecule has 0 amide bonds. The second kappa shape index (κ2) is 6.56. The summed E-state index contributed by atoms with van der Waals surface area (Å²) in [5.74, 6) is 0. The number of aryl methyl sites for hydroxylation is 1. The number of aliphatic hydroxyl groups excluding tert-OH is 1. The predicted molar refractivity (Wildman–Crippen MR) is 58.8 cm³/mol. The molecule has 0 bridgehead atoms. The van der Waals surface area contributed by atoms with E-state index in [1.165, 1.54) is 5.56 Å². The summed E-state index contributed by atoms with van der Waals surface area (Å²) in [5, 5.41) is 9.74. The summed E-state index contributed by atoms with van der Waals surface area (Å²) < 4.78 is 10.1. The van der Waals surface area contributed by atoms with E-state index >= 15 is 0 Å². The standard InChI is InChI=1S/C12H18O3/c1-10-3-5-11(6-4-10)12(13)9-15-8-7-14-2/h3-6,12-13H,7-9H2,1-2H3. The van der Waals surface area contributed by atoms with Crippen molar-refractivity contribution in [3.63, 3.8) is 0 Å². The Morgan fingerprint density at radius 1 is 1.20 bits per heavy atom. The summed E-state index contributed by atoms with van der Waals surface area (Å²) in [6, 6.07) is 7.79. The molecule has 0 aliphatic carbocycles. The fourth-order valence-corrected chi connectivity index (χ4v) is 1.22. The molecule has 3 nitrogen and oxygen atoms in total. The Balaban J connectivity index is 2.33. The quantitative estimate of drug-likeness (QED) is 0.726. The Hall–Kier alpha value is -0.900. The Morgan fingerprint density at radius 3 is 2.47 bits per heavy atom. The van der Waals surface area contributed by atoms with Crippen molar-refractivity contribution in [2.24, 2.45) is 0 Å². The number of hydrogen-bond acceptors (Lipinski definition) is 3. The Morgan fingerprint density at radius 2 is 1.87 bits per heavy atom. The molecule has 1 unspecified atom stereocenters. The van der Waals surface area contributed by atoms with Gasteiger partial charge in [0, 0.05) is 7.11 Å². The molecule has 0 aromatic heterocycles. The number of benzene rings is 1. The van der Waals surface area contributed by atoms with Crippen molar-refractivity contribution in [3.8, 4) is 0 Å². The minimum Gasteiger partial charge on any atom is -0.386 e. The third kappa shape index (κ3) is 4.42. The molecular formula is C12H18O3. The molecule has 0 saturated heterocycles. The van der Waals surface area contributed by atoms with E-state index in [9.17, 15) is 5.11 Å². The lowest BCUT2D eigenvalue weighted by molar-refractivity contribution is 0.0126. The van der Waals surface area contributed by atoms with Gasteiger partial charge in [-0.3, -0.25) is 0 Å². The van der Waals surface area contributed by atoms with Gasteiger partial charge in [-0.15, -0.1) is 0 Å². The van der Waals surface area contributed by atoms with Gasteiger partial charge in [0.15, 0.2) is 0 Å². The third-order valence-corrected chi connectivity index (χ3v) is 2.17. The Labute approximate surface area is 90.6 Å². The lowest BCUT2D eigenvalue weighted by Crippen LogP contribution is -2.10. The molecule has 1 aromatic carbocycles. The third-order valence-electron chi connectivity index (χ3n) is 2.17. The van der Waals surface area contributed by atoms with Gasteiger partial charge >= 0.3 is 0 Å². The molecular weight excluding hydrogens is 192 g/mol. The van der Waals surface area contributed by atoms with Gasteiger partial charge in [-0.25, -0.2) is 0 Å². The van der Waals surface area contributed by atoms with Gasteiger partial charge in [0.25, 0.3) is 0 Å². The van der Waals surface area contributed by atoms with Gasteiger partial charge in [0.2, 0.25) is 0 Å². The zero-order chi connectivity index (χ0) is 11.1. The first kappa shape index (κ1) is 12.2. The maximum atomic E-state index is 9.74. The minimum absolute atomic E-state index is 0.312. The van der Waals surface area contributed by atoms with Gasteiger partial charge in [-0.1, -0.05) is 29.8 Å². The smallest absolute Gasteiger partial charge is 0.102 e. The van der Waals surface area contributed by atoms with Crippen molar-refractivity contribution in [3.05, 3.63) is 35.4 Å². The Bertz CT molecular complexity index is 269. The summed E-state index contributed by atoms with van der Waals surface area (Å²) in [4.78, 5) is 0. The highest BCUT2D eigenvalue weighted by Crippen LogP contribution is 2.13. The molecule has 0 heterocycles. The van der Waals surface area contributed by atoms with Crippen molar-refractivity contribution in [2.75, 3.05) is 26.9 Å². The van der Waals surface area contributed by atoms with Gasteiger partial charge in [-0.2, -0.15) is 0 Å². The van der Waals surface area contributed by atoms with Crippen LogP contribution in [0.3, 0.4) is 0 Å². The maximum absolute atomic E-state index is 9.74. The largest absolute Gasteiger partial charge is 0.386 e. The second-order valence-electron chi connectivity index (χ2n) is 3.49. The van der Waals surface area contributed by atoms with Crippen LogP contribution in [-0.4, -0.2) is 32.0 Å². The van der Waals surface area contributed by atoms with E-state index in [4.69, 9.17) is 9.47 Å². The SMILES string of the molecule is COCCOCC(O)c1ccc(C)cc1. The molecule has 1 aromatic rings. The average Bonchev–Trinajstić information content (AvgIpc) is 2.25. The number of methoxy groups -OCH3 is 1. The predicted octanol–water partition coefficient (Wildman–Crippen LogP) is 1.69. The average molecular weight is 210 g/mol. The Kier molecular flexibility index (Phi) is 5.32. The number of hydrogen-bond donors (Lipinski definition) is 1. The highest BCUT2D eigenvalue weighted by Gasteiger charge is 2.06. The van der Waals surface area contributed by atoms with Crippen LogP contribution in [0.5, 0.6) is 0 Å². The van der Waals surface area contributed by atoms with Crippen molar-refractivity contribution in [2.45, 2.75) is 13.0 Å². The number of ether oxygens (including phenoxy) is 2. The van der Waals surface area contributed by atoms with Gasteiger partial charge in [-0.05, 0) is 12.5 Å². The van der Waals surface area contributed by atoms with Gasteiger partial charge in [0.1, 0.15) is 6.10 Å². The fraction of sp³-hybridized carbons (Fsp3) is 0.500. The van der Waals surface area contributed by atoms with Crippen LogP contribution in [0.15, 0.2) is 24.3 Å². The van der Waals surface area contributed by atoms with Crippen LogP contribution in [0.2, 0.25) is 0 Å². The molecule has 84 valence electrons. The van der Waals surface area contributed by atoms with Crippen molar-refractivity contribution >= 4 is 0 Å². The molecule has 1 N–H and O–H groups in total. The monoisotopic (exact) mass is 210 g/mol. The normalized spacial score (nSPS) is 12.7. The molecule has 1 rings (SSSR count). The highest BCUT2D eigenvalue weighted by molar-refractivity contribution is 5.22. The summed E-state index contributed by atoms with van der Waals surface area (Å²) in [7, 11) is 1.62. The van der Waals surface area contributed by atoms with Gasteiger partial charge < -0.3 is 14.6 Å². The van der Waals surface area contributed by atoms with Crippen LogP contribution in [0, 0.1) is 6.92 Å². The van der Waals surface area contributed by atoms with E-state index in [0.717, 1.165) is 5.56 Å². The molecule has 0 radical (unpaired) electrons. The van der Waals surface area contributed by atoms with E-state index in [-0.39, 0.29) is 0 Å². The molecule has 15 heavy (non-hydrogen) atoms. The molecule has 0 aliphatic heterocycles. The van der Waals surface area contributed by atoms with Crippen LogP contribution in [0.4, 0.5) is 0 Å². The topological polar surface area (TPSA) is 38.7 Å². The number of aliphatic hydroxyl groups is 1. The summed E-state index contributed by atoms with van der Waals surface area (Å²) in [5.41, 5.74) is 2.07. The fourth-order valence-electron chi connectivity index (χ4n) is 1.22. The van der Waals surface area contributed by atoms with Crippen LogP contribution in [0.1, 0.15) is 17.2 Å². The molecule has 0 aliphatic rings. The van der Waals surface area contributed by atoms with Crippen molar-refractivity contribution < 1.29 is 14.6 Å². The first-order valence-electron chi connectivity index (χ1n) is 5.05. The zero-order valence-electron chi connectivity index (χ0n) is 9.27. The van der Waals surface area contributed by atoms with Crippen LogP contribution < -0.4 is 0 Å². The molecule has 0 saturated carbocycles. The maximum Gasteiger partial charge on any atom is 0.102 e. The van der Waals surface area contributed by atoms with Crippen molar-refractivity contribution in [1.82, 2.24) is 0 Å². The lowest BCUT2D eigenvalue weighted by Gasteiger charge is -2.11. The lowest BCUT2D eigenvalue weighted by atomic mass is 10.1. The van der Waals surface area contributed by atoms with Crippen LogP contribution in [-0.2, 0) is 9.47 Å². The van der Waals surface area contributed by atoms with Crippen LogP contribution >= 0.6 is 0 Å². The van der Waals surface area contributed by atoms with Gasteiger partial charge in [0.05, 0.1) is 19.8 Å². The highest BCUT2D eigenvalue weighted by atomic mass is 16.5. The summed E-state index contributed by atoms with van der Waals surface area (Å²) in [6.45, 7) is 3.40. The first-order valence-corrected chi connectivity index (χ1v) is 5.05. The van der Waals surface area contributed by atoms with E-state index in [2.05, 4.69) is 0 Å². The summed E-state index contributed by atoms with van der Waals surface area (Å²) in [6.07, 6.45) is -0.553. The molecule has 3 heteroatoms. The first-order chi connectivity index (χ1) is 7.24. The van der Waals surface area contributed by atoms with E-state index in [1.54, 1.807) is 7.11 Å². The second-order valence-corrected chi connectivity index (χ2v) is 3.49. The van der Waals surface area contributed by atoms with Crippen molar-refractivity contribution in [1.29, 1.82) is 0 Å². The van der Waals surface area contributed by atoms with E-state index in [0.29, 0.717) is 19.8 Å². The number of rotatable bonds is 6. The van der Waals surface area contributed by atoms with E-state index < -0.39 is 6.10 Å². The van der Waals surface area contributed by atoms with E-state index in [1.807, 2.05) is 31.2 Å².